The zero-order valence-corrected chi connectivity index (χ0v) is 19.4. The Hall–Kier alpha value is -1.88. The van der Waals surface area contributed by atoms with Crippen molar-refractivity contribution in [2.24, 2.45) is 0 Å². The van der Waals surface area contributed by atoms with Crippen molar-refractivity contribution in [2.45, 2.75) is 81.7 Å². The normalized spacial score (nSPS) is 22.1. The van der Waals surface area contributed by atoms with E-state index in [9.17, 15) is 23.4 Å². The molecule has 176 valence electrons. The fourth-order valence-corrected chi connectivity index (χ4v) is 4.38. The van der Waals surface area contributed by atoms with Crippen molar-refractivity contribution < 1.29 is 23.4 Å². The summed E-state index contributed by atoms with van der Waals surface area (Å²) in [6.45, 7) is 6.85. The summed E-state index contributed by atoms with van der Waals surface area (Å²) in [4.78, 5) is 9.05. The van der Waals surface area contributed by atoms with Gasteiger partial charge in [0.25, 0.3) is 0 Å². The highest BCUT2D eigenvalue weighted by atomic mass is 32.2. The summed E-state index contributed by atoms with van der Waals surface area (Å²) in [5.74, 6) is -0.286. The Labute approximate surface area is 190 Å². The third-order valence-corrected chi connectivity index (χ3v) is 6.53. The van der Waals surface area contributed by atoms with Gasteiger partial charge in [0.1, 0.15) is 5.72 Å². The lowest BCUT2D eigenvalue weighted by Gasteiger charge is -2.33. The molecule has 6 nitrogen and oxygen atoms in total. The van der Waals surface area contributed by atoms with E-state index in [1.807, 2.05) is 19.1 Å². The maximum absolute atomic E-state index is 13.6. The zero-order valence-electron chi connectivity index (χ0n) is 18.5. The van der Waals surface area contributed by atoms with Crippen molar-refractivity contribution in [1.29, 1.82) is 0 Å². The van der Waals surface area contributed by atoms with Crippen molar-refractivity contribution in [3.63, 3.8) is 0 Å². The lowest BCUT2D eigenvalue weighted by Crippen LogP contribution is -2.33. The molecule has 1 aromatic heterocycles. The highest BCUT2D eigenvalue weighted by molar-refractivity contribution is 7.97. The van der Waals surface area contributed by atoms with Crippen LogP contribution in [0, 0.1) is 6.92 Å². The molecule has 0 radical (unpaired) electrons. The highest BCUT2D eigenvalue weighted by Gasteiger charge is 2.39. The molecule has 32 heavy (non-hydrogen) atoms. The van der Waals surface area contributed by atoms with Crippen molar-refractivity contribution >= 4 is 23.6 Å². The van der Waals surface area contributed by atoms with E-state index in [4.69, 9.17) is 0 Å². The Kier molecular flexibility index (Phi) is 7.09. The molecule has 1 heterocycles. The van der Waals surface area contributed by atoms with Gasteiger partial charge in [-0.25, -0.2) is 14.7 Å². The molecule has 1 aliphatic rings. The molecule has 0 atom stereocenters. The van der Waals surface area contributed by atoms with Crippen molar-refractivity contribution in [3.8, 4) is 0 Å². The number of nitrogens with zero attached hydrogens (tertiary/aromatic N) is 2. The molecule has 3 rings (SSSR count). The van der Waals surface area contributed by atoms with Gasteiger partial charge in [-0.05, 0) is 89.1 Å². The van der Waals surface area contributed by atoms with Gasteiger partial charge in [0.05, 0.1) is 16.9 Å². The van der Waals surface area contributed by atoms with Gasteiger partial charge < -0.3 is 15.5 Å². The summed E-state index contributed by atoms with van der Waals surface area (Å²) >= 11 is 1.28. The van der Waals surface area contributed by atoms with Crippen molar-refractivity contribution in [3.05, 3.63) is 41.2 Å². The predicted molar refractivity (Wildman–Crippen MR) is 119 cm³/mol. The molecule has 1 saturated carbocycles. The molecule has 10 heteroatoms. The first-order valence-corrected chi connectivity index (χ1v) is 11.3. The van der Waals surface area contributed by atoms with Gasteiger partial charge in [-0.2, -0.15) is 13.2 Å². The molecule has 4 N–H and O–H groups in total. The average molecular weight is 471 g/mol. The molecule has 1 aromatic carbocycles. The van der Waals surface area contributed by atoms with E-state index in [0.29, 0.717) is 31.4 Å². The Morgan fingerprint density at radius 2 is 1.84 bits per heavy atom. The lowest BCUT2D eigenvalue weighted by atomic mass is 9.78. The molecule has 2 aromatic rings. The second-order valence-electron chi connectivity index (χ2n) is 9.13. The zero-order chi connectivity index (χ0) is 23.7. The van der Waals surface area contributed by atoms with Gasteiger partial charge in [0.15, 0.2) is 0 Å². The van der Waals surface area contributed by atoms with Crippen LogP contribution < -0.4 is 10.0 Å². The molecular weight excluding hydrogens is 441 g/mol. The van der Waals surface area contributed by atoms with Gasteiger partial charge in [0, 0.05) is 22.7 Å². The van der Waals surface area contributed by atoms with Crippen LogP contribution in [0.4, 0.5) is 24.8 Å². The SMILES string of the molecule is Cc1cc(SNC(C)(C)O)ccc1Nc1ncc(C(F)(F)F)c(C2CCC(C)(O)CC2)n1. The van der Waals surface area contributed by atoms with Gasteiger partial charge in [-0.15, -0.1) is 0 Å². The van der Waals surface area contributed by atoms with Gasteiger partial charge in [-0.3, -0.25) is 0 Å². The Bertz CT molecular complexity index is 951. The number of halogens is 3. The fourth-order valence-electron chi connectivity index (χ4n) is 3.64. The van der Waals surface area contributed by atoms with Crippen molar-refractivity contribution in [1.82, 2.24) is 14.7 Å². The number of aromatic nitrogens is 2. The van der Waals surface area contributed by atoms with Gasteiger partial charge in [-0.1, -0.05) is 0 Å². The van der Waals surface area contributed by atoms with Crippen LogP contribution in [-0.2, 0) is 6.18 Å². The van der Waals surface area contributed by atoms with E-state index >= 15 is 0 Å². The third kappa shape index (κ3) is 6.57. The summed E-state index contributed by atoms with van der Waals surface area (Å²) in [5.41, 5.74) is -1.20. The van der Waals surface area contributed by atoms with Crippen molar-refractivity contribution in [2.75, 3.05) is 5.32 Å². The number of alkyl halides is 3. The number of aliphatic hydroxyl groups is 2. The van der Waals surface area contributed by atoms with Crippen LogP contribution in [0.25, 0.3) is 0 Å². The number of rotatable bonds is 6. The Balaban J connectivity index is 1.83. The molecule has 0 spiro atoms. The first kappa shape index (κ1) is 24.8. The minimum Gasteiger partial charge on any atom is -0.390 e. The van der Waals surface area contributed by atoms with E-state index < -0.39 is 23.1 Å². The van der Waals surface area contributed by atoms with Crippen LogP contribution in [-0.4, -0.2) is 31.5 Å². The third-order valence-electron chi connectivity index (χ3n) is 5.44. The average Bonchev–Trinajstić information content (AvgIpc) is 2.67. The highest BCUT2D eigenvalue weighted by Crippen LogP contribution is 2.42. The van der Waals surface area contributed by atoms with E-state index in [1.165, 1.54) is 11.9 Å². The standard InChI is InChI=1S/C22H29F3N4O2S/c1-13-11-15(32-29-20(2,3)30)5-6-17(13)27-19-26-12-16(22(23,24)25)18(28-19)14-7-9-21(4,31)10-8-14/h5-6,11-12,14,29-31H,7-10H2,1-4H3,(H,26,27,28). The summed E-state index contributed by atoms with van der Waals surface area (Å²) < 4.78 is 43.7. The lowest BCUT2D eigenvalue weighted by molar-refractivity contribution is -0.139. The minimum atomic E-state index is -4.55. The summed E-state index contributed by atoms with van der Waals surface area (Å²) in [6.07, 6.45) is -1.98. The maximum atomic E-state index is 13.6. The van der Waals surface area contributed by atoms with E-state index in [2.05, 4.69) is 20.0 Å². The molecule has 0 aliphatic heterocycles. The monoisotopic (exact) mass is 470 g/mol. The first-order chi connectivity index (χ1) is 14.7. The number of hydrogen-bond donors (Lipinski definition) is 4. The van der Waals surface area contributed by atoms with E-state index in [1.54, 1.807) is 26.8 Å². The topological polar surface area (TPSA) is 90.3 Å². The molecule has 0 bridgehead atoms. The summed E-state index contributed by atoms with van der Waals surface area (Å²) in [7, 11) is 0. The molecule has 0 unspecified atom stereocenters. The second kappa shape index (κ2) is 9.17. The molecule has 1 fully saturated rings. The maximum Gasteiger partial charge on any atom is 0.419 e. The number of anilines is 2. The quantitative estimate of drug-likeness (QED) is 0.337. The Morgan fingerprint density at radius 1 is 1.19 bits per heavy atom. The predicted octanol–water partition coefficient (Wildman–Crippen LogP) is 5.28. The Morgan fingerprint density at radius 3 is 2.41 bits per heavy atom. The first-order valence-electron chi connectivity index (χ1n) is 10.4. The number of aryl methyl sites for hydroxylation is 1. The molecule has 1 aliphatic carbocycles. The molecule has 0 amide bonds. The largest absolute Gasteiger partial charge is 0.419 e. The number of hydrogen-bond acceptors (Lipinski definition) is 7. The van der Waals surface area contributed by atoms with Gasteiger partial charge in [0.2, 0.25) is 5.95 Å². The van der Waals surface area contributed by atoms with Crippen LogP contribution in [0.2, 0.25) is 0 Å². The van der Waals surface area contributed by atoms with Crippen LogP contribution in [0.3, 0.4) is 0 Å². The van der Waals surface area contributed by atoms with Crippen LogP contribution in [0.5, 0.6) is 0 Å². The van der Waals surface area contributed by atoms with Crippen LogP contribution in [0.15, 0.2) is 29.3 Å². The summed E-state index contributed by atoms with van der Waals surface area (Å²) in [5, 5.41) is 23.0. The second-order valence-corrected chi connectivity index (χ2v) is 10.0. The van der Waals surface area contributed by atoms with Gasteiger partial charge >= 0.3 is 6.18 Å². The number of benzene rings is 1. The van der Waals surface area contributed by atoms with Crippen LogP contribution >= 0.6 is 11.9 Å². The molecule has 0 saturated heterocycles. The van der Waals surface area contributed by atoms with Crippen LogP contribution in [0.1, 0.15) is 69.2 Å². The summed E-state index contributed by atoms with van der Waals surface area (Å²) in [6, 6.07) is 5.51. The molecular formula is C22H29F3N4O2S. The minimum absolute atomic E-state index is 0.0234. The van der Waals surface area contributed by atoms with E-state index in [-0.39, 0.29) is 17.6 Å². The van der Waals surface area contributed by atoms with E-state index in [0.717, 1.165) is 16.7 Å². The number of nitrogens with one attached hydrogen (secondary N) is 2. The fraction of sp³-hybridized carbons (Fsp3) is 0.545. The smallest absolute Gasteiger partial charge is 0.390 e.